The fraction of sp³-hybridized carbons (Fsp3) is 0.462. The smallest absolute Gasteiger partial charge is 0.342 e. The molecule has 0 aliphatic heterocycles. The third kappa shape index (κ3) is 5.85. The van der Waals surface area contributed by atoms with Crippen LogP contribution in [0.25, 0.3) is 0 Å². The Morgan fingerprint density at radius 2 is 1.90 bits per heavy atom. The van der Waals surface area contributed by atoms with Gasteiger partial charge in [0, 0.05) is 5.56 Å². The van der Waals surface area contributed by atoms with Gasteiger partial charge in [-0.2, -0.15) is 8.42 Å². The molecule has 0 aliphatic carbocycles. The Bertz CT molecular complexity index is 636. The van der Waals surface area contributed by atoms with E-state index in [9.17, 15) is 17.6 Å². The van der Waals surface area contributed by atoms with Gasteiger partial charge in [-0.15, -0.1) is 0 Å². The van der Waals surface area contributed by atoms with Crippen LogP contribution in [0.1, 0.15) is 32.4 Å². The highest BCUT2D eigenvalue weighted by atomic mass is 32.2. The lowest BCUT2D eigenvalue weighted by Gasteiger charge is -2.24. The molecule has 1 unspecified atom stereocenters. The first-order chi connectivity index (χ1) is 9.39. The molecule has 0 saturated heterocycles. The Balaban J connectivity index is 3.25. The number of rotatable bonds is 4. The maximum atomic E-state index is 13.9. The number of carbonyl (C=O) groups excluding carboxylic acids is 1. The lowest BCUT2D eigenvalue weighted by atomic mass is 9.92. The number of halogens is 1. The second kappa shape index (κ2) is 6.15. The zero-order valence-electron chi connectivity index (χ0n) is 12.6. The largest absolute Gasteiger partial charge is 0.458 e. The van der Waals surface area contributed by atoms with Crippen molar-refractivity contribution in [2.24, 2.45) is 0 Å². The maximum absolute atomic E-state index is 13.9. The number of hydrogen-bond donors (Lipinski definition) is 0. The zero-order valence-corrected chi connectivity index (χ0v) is 13.5. The lowest BCUT2D eigenvalue weighted by Crippen LogP contribution is -2.31. The molecule has 8 heteroatoms. The van der Waals surface area contributed by atoms with Gasteiger partial charge in [0.25, 0.3) is 10.1 Å². The molecule has 0 radical (unpaired) electrons. The van der Waals surface area contributed by atoms with Crippen LogP contribution in [-0.4, -0.2) is 34.1 Å². The van der Waals surface area contributed by atoms with E-state index in [4.69, 9.17) is 8.92 Å². The highest BCUT2D eigenvalue weighted by Gasteiger charge is 2.32. The van der Waals surface area contributed by atoms with Crippen molar-refractivity contribution in [1.29, 1.82) is 0 Å². The third-order valence-corrected chi connectivity index (χ3v) is 2.87. The summed E-state index contributed by atoms with van der Waals surface area (Å²) < 4.78 is 46.4. The molecule has 0 saturated carbocycles. The van der Waals surface area contributed by atoms with E-state index in [2.05, 4.69) is 0 Å². The van der Waals surface area contributed by atoms with Gasteiger partial charge in [0.1, 0.15) is 19.3 Å². The van der Waals surface area contributed by atoms with Gasteiger partial charge in [0.2, 0.25) is 6.10 Å². The van der Waals surface area contributed by atoms with Crippen LogP contribution < -0.4 is 5.46 Å². The fourth-order valence-corrected chi connectivity index (χ4v) is 2.14. The summed E-state index contributed by atoms with van der Waals surface area (Å²) in [5.41, 5.74) is -0.358. The van der Waals surface area contributed by atoms with Crippen molar-refractivity contribution in [2.75, 3.05) is 6.26 Å². The van der Waals surface area contributed by atoms with E-state index in [1.165, 1.54) is 12.1 Å². The number of esters is 1. The Labute approximate surface area is 125 Å². The van der Waals surface area contributed by atoms with E-state index >= 15 is 0 Å². The number of carbonyl (C=O) groups is 1. The van der Waals surface area contributed by atoms with Gasteiger partial charge in [-0.3, -0.25) is 0 Å². The highest BCUT2D eigenvalue weighted by molar-refractivity contribution is 7.86. The van der Waals surface area contributed by atoms with Crippen LogP contribution in [-0.2, 0) is 23.8 Å². The predicted octanol–water partition coefficient (Wildman–Crippen LogP) is 0.443. The maximum Gasteiger partial charge on any atom is 0.342 e. The standard InChI is InChI=1S/C13H18BFO5S/c1-13(2,3)19-12(16)11(20-21(4,17)18)9-7-8(14)5-6-10(9)15/h5-7,11H,14H2,1-4H3. The molecule has 116 valence electrons. The molecule has 0 amide bonds. The number of hydrogen-bond acceptors (Lipinski definition) is 5. The summed E-state index contributed by atoms with van der Waals surface area (Å²) in [6.45, 7) is 4.86. The average Bonchev–Trinajstić information content (AvgIpc) is 2.26. The topological polar surface area (TPSA) is 69.7 Å². The van der Waals surface area contributed by atoms with Crippen LogP contribution in [0.15, 0.2) is 18.2 Å². The molecule has 5 nitrogen and oxygen atoms in total. The Kier molecular flexibility index (Phi) is 5.17. The summed E-state index contributed by atoms with van der Waals surface area (Å²) in [4.78, 5) is 12.1. The fourth-order valence-electron chi connectivity index (χ4n) is 1.61. The summed E-state index contributed by atoms with van der Waals surface area (Å²) in [6.07, 6.45) is -0.878. The molecular weight excluding hydrogens is 298 g/mol. The van der Waals surface area contributed by atoms with Crippen LogP contribution >= 0.6 is 0 Å². The quantitative estimate of drug-likeness (QED) is 0.458. The first-order valence-electron chi connectivity index (χ1n) is 6.26. The van der Waals surface area contributed by atoms with Crippen molar-refractivity contribution in [1.82, 2.24) is 0 Å². The highest BCUT2D eigenvalue weighted by Crippen LogP contribution is 2.25. The summed E-state index contributed by atoms with van der Waals surface area (Å²) >= 11 is 0. The van der Waals surface area contributed by atoms with Crippen molar-refractivity contribution in [3.05, 3.63) is 29.6 Å². The lowest BCUT2D eigenvalue weighted by molar-refractivity contribution is -0.163. The van der Waals surface area contributed by atoms with Crippen molar-refractivity contribution < 1.29 is 26.5 Å². The predicted molar refractivity (Wildman–Crippen MR) is 79.1 cm³/mol. The number of ether oxygens (including phenoxy) is 1. The minimum absolute atomic E-state index is 0.172. The molecule has 0 heterocycles. The van der Waals surface area contributed by atoms with Crippen LogP contribution in [0.4, 0.5) is 4.39 Å². The third-order valence-electron chi connectivity index (χ3n) is 2.33. The summed E-state index contributed by atoms with van der Waals surface area (Å²) in [6, 6.07) is 4.01. The molecule has 0 N–H and O–H groups in total. The van der Waals surface area contributed by atoms with Gasteiger partial charge in [-0.25, -0.2) is 13.4 Å². The zero-order chi connectivity index (χ0) is 16.4. The SMILES string of the molecule is Bc1ccc(F)c(C(OS(C)(=O)=O)C(=O)OC(C)(C)C)c1. The van der Waals surface area contributed by atoms with Gasteiger partial charge < -0.3 is 4.74 Å². The van der Waals surface area contributed by atoms with Crippen molar-refractivity contribution >= 4 is 29.4 Å². The molecule has 1 rings (SSSR count). The summed E-state index contributed by atoms with van der Waals surface area (Å²) in [7, 11) is -2.28. The normalized spacial score (nSPS) is 13.8. The van der Waals surface area contributed by atoms with Gasteiger partial charge in [-0.05, 0) is 26.8 Å². The molecule has 1 aromatic rings. The van der Waals surface area contributed by atoms with Crippen LogP contribution in [0.3, 0.4) is 0 Å². The summed E-state index contributed by atoms with van der Waals surface area (Å²) in [5, 5.41) is 0. The number of benzene rings is 1. The van der Waals surface area contributed by atoms with E-state index in [1.54, 1.807) is 28.6 Å². The van der Waals surface area contributed by atoms with Crippen LogP contribution in [0, 0.1) is 5.82 Å². The second-order valence-electron chi connectivity index (χ2n) is 5.74. The van der Waals surface area contributed by atoms with Gasteiger partial charge in [0.05, 0.1) is 6.26 Å². The Hall–Kier alpha value is -1.41. The van der Waals surface area contributed by atoms with Gasteiger partial charge in [0.15, 0.2) is 0 Å². The van der Waals surface area contributed by atoms with Gasteiger partial charge in [-0.1, -0.05) is 17.6 Å². The van der Waals surface area contributed by atoms with E-state index in [0.717, 1.165) is 12.3 Å². The van der Waals surface area contributed by atoms with Crippen LogP contribution in [0.2, 0.25) is 0 Å². The Morgan fingerprint density at radius 1 is 1.33 bits per heavy atom. The monoisotopic (exact) mass is 316 g/mol. The van der Waals surface area contributed by atoms with E-state index < -0.39 is 33.6 Å². The molecule has 1 aromatic carbocycles. The van der Waals surface area contributed by atoms with Crippen molar-refractivity contribution in [3.63, 3.8) is 0 Å². The molecule has 0 aliphatic rings. The first kappa shape index (κ1) is 17.6. The molecule has 0 fully saturated rings. The minimum Gasteiger partial charge on any atom is -0.458 e. The Morgan fingerprint density at radius 3 is 2.38 bits per heavy atom. The molecular formula is C13H18BFO5S. The average molecular weight is 316 g/mol. The molecule has 0 spiro atoms. The molecule has 0 aromatic heterocycles. The second-order valence-corrected chi connectivity index (χ2v) is 7.34. The minimum atomic E-state index is -3.97. The molecule has 0 bridgehead atoms. The van der Waals surface area contributed by atoms with Gasteiger partial charge >= 0.3 is 5.97 Å². The summed E-state index contributed by atoms with van der Waals surface area (Å²) in [5.74, 6) is -1.70. The van der Waals surface area contributed by atoms with Crippen molar-refractivity contribution in [2.45, 2.75) is 32.5 Å². The molecule has 1 atom stereocenters. The first-order valence-corrected chi connectivity index (χ1v) is 8.08. The van der Waals surface area contributed by atoms with Crippen LogP contribution in [0.5, 0.6) is 0 Å². The van der Waals surface area contributed by atoms with E-state index in [-0.39, 0.29) is 5.56 Å². The van der Waals surface area contributed by atoms with E-state index in [0.29, 0.717) is 5.46 Å². The van der Waals surface area contributed by atoms with E-state index in [1.807, 2.05) is 0 Å². The van der Waals surface area contributed by atoms with Crippen molar-refractivity contribution in [3.8, 4) is 0 Å². The molecule has 21 heavy (non-hydrogen) atoms.